The highest BCUT2D eigenvalue weighted by Gasteiger charge is 2.68. The summed E-state index contributed by atoms with van der Waals surface area (Å²) < 4.78 is 1.04. The number of fused-ring (bicyclic) bond motifs is 7. The minimum absolute atomic E-state index is 0.0634. The number of amides is 1. The van der Waals surface area contributed by atoms with E-state index >= 15 is 0 Å². The van der Waals surface area contributed by atoms with E-state index in [0.29, 0.717) is 26.2 Å². The predicted molar refractivity (Wildman–Crippen MR) is 125 cm³/mol. The molecule has 2 aromatic heterocycles. The molecule has 1 N–H and O–H groups in total. The third-order valence-corrected chi connectivity index (χ3v) is 8.82. The number of hydrogen-bond donors (Lipinski definition) is 1. The smallest absolute Gasteiger partial charge is 0.239 e. The molecule has 0 radical (unpaired) electrons. The summed E-state index contributed by atoms with van der Waals surface area (Å²) >= 11 is 13.9. The molecule has 5 nitrogen and oxygen atoms in total. The molecule has 2 bridgehead atoms. The molecule has 2 aliphatic rings. The lowest BCUT2D eigenvalue weighted by molar-refractivity contribution is -0.124. The number of aromatic nitrogens is 3. The summed E-state index contributed by atoms with van der Waals surface area (Å²) in [6.07, 6.45) is 1.63. The molecule has 0 saturated heterocycles. The van der Waals surface area contributed by atoms with Gasteiger partial charge in [0.1, 0.15) is 0 Å². The molecule has 2 atom stereocenters. The van der Waals surface area contributed by atoms with Crippen molar-refractivity contribution in [3.05, 3.63) is 57.8 Å². The van der Waals surface area contributed by atoms with Crippen LogP contribution in [0.25, 0.3) is 21.3 Å². The van der Waals surface area contributed by atoms with Gasteiger partial charge >= 0.3 is 0 Å². The predicted octanol–water partition coefficient (Wildman–Crippen LogP) is 6.34. The molecule has 156 valence electrons. The molecule has 1 saturated carbocycles. The third-order valence-electron chi connectivity index (χ3n) is 7.15. The van der Waals surface area contributed by atoms with Crippen LogP contribution in [-0.4, -0.2) is 20.9 Å². The summed E-state index contributed by atoms with van der Waals surface area (Å²) in [5, 5.41) is 4.60. The molecule has 8 heteroatoms. The van der Waals surface area contributed by atoms with Crippen LogP contribution in [0.3, 0.4) is 0 Å². The first-order chi connectivity index (χ1) is 14.8. The average Bonchev–Trinajstić information content (AvgIpc) is 3.31. The number of anilines is 1. The van der Waals surface area contributed by atoms with Crippen molar-refractivity contribution in [1.29, 1.82) is 0 Å². The first-order valence-corrected chi connectivity index (χ1v) is 11.7. The Hall–Kier alpha value is -2.28. The zero-order valence-electron chi connectivity index (χ0n) is 16.9. The fourth-order valence-corrected chi connectivity index (χ4v) is 6.69. The van der Waals surface area contributed by atoms with E-state index < -0.39 is 5.41 Å². The number of hydrogen-bond acceptors (Lipinski definition) is 5. The number of carbonyl (C=O) groups is 1. The lowest BCUT2D eigenvalue weighted by Gasteiger charge is -2.36. The van der Waals surface area contributed by atoms with Crippen molar-refractivity contribution in [3.8, 4) is 0 Å². The largest absolute Gasteiger partial charge is 0.301 e. The van der Waals surface area contributed by atoms with Crippen molar-refractivity contribution >= 4 is 66.8 Å². The molecule has 4 aromatic rings. The minimum Gasteiger partial charge on any atom is -0.301 e. The molecule has 2 aromatic carbocycles. The van der Waals surface area contributed by atoms with Crippen LogP contribution in [0.15, 0.2) is 36.4 Å². The maximum Gasteiger partial charge on any atom is 0.239 e. The van der Waals surface area contributed by atoms with E-state index in [-0.39, 0.29) is 17.2 Å². The fraction of sp³-hybridized carbons (Fsp3) is 0.304. The SMILES string of the molecule is CC1(C)C2CCC1(C(=O)Nc1nc3ccccc3s1)c1nc3cc(Cl)c(Cl)cc3nc12. The van der Waals surface area contributed by atoms with Gasteiger partial charge in [-0.25, -0.2) is 15.0 Å². The number of benzene rings is 2. The Kier molecular flexibility index (Phi) is 3.99. The summed E-state index contributed by atoms with van der Waals surface area (Å²) in [6, 6.07) is 11.4. The highest BCUT2D eigenvalue weighted by atomic mass is 35.5. The standard InChI is InChI=1S/C23H18Cl2N4OS/c1-22(2)11-7-8-23(22,20(30)29-21-28-14-5-3-4-6-17(14)31-21)19-18(11)26-15-9-12(24)13(25)10-16(15)27-19/h3-6,9-11H,7-8H2,1-2H3,(H,28,29,30). The fourth-order valence-electron chi connectivity index (χ4n) is 5.51. The van der Waals surface area contributed by atoms with Gasteiger partial charge in [-0.15, -0.1) is 0 Å². The number of halogens is 2. The van der Waals surface area contributed by atoms with Gasteiger partial charge < -0.3 is 5.32 Å². The van der Waals surface area contributed by atoms with Crippen LogP contribution >= 0.6 is 34.5 Å². The highest BCUT2D eigenvalue weighted by Crippen LogP contribution is 2.67. The van der Waals surface area contributed by atoms with Crippen LogP contribution in [0.1, 0.15) is 44.0 Å². The number of rotatable bonds is 2. The second-order valence-electron chi connectivity index (χ2n) is 8.87. The summed E-state index contributed by atoms with van der Waals surface area (Å²) in [4.78, 5) is 28.3. The number of thiazole rings is 1. The Morgan fingerprint density at radius 1 is 1.06 bits per heavy atom. The number of para-hydroxylation sites is 1. The Balaban J connectivity index is 1.49. The van der Waals surface area contributed by atoms with Gasteiger partial charge in [-0.05, 0) is 42.5 Å². The van der Waals surface area contributed by atoms with E-state index in [1.807, 2.05) is 24.3 Å². The summed E-state index contributed by atoms with van der Waals surface area (Å²) in [5.41, 5.74) is 2.83. The van der Waals surface area contributed by atoms with Gasteiger partial charge in [-0.3, -0.25) is 4.79 Å². The van der Waals surface area contributed by atoms with Crippen LogP contribution in [0.2, 0.25) is 10.0 Å². The van der Waals surface area contributed by atoms with Crippen molar-refractivity contribution in [2.75, 3.05) is 5.32 Å². The first kappa shape index (κ1) is 19.4. The van der Waals surface area contributed by atoms with E-state index in [1.54, 1.807) is 12.1 Å². The van der Waals surface area contributed by atoms with E-state index in [0.717, 1.165) is 34.4 Å². The number of nitrogens with zero attached hydrogens (tertiary/aromatic N) is 3. The van der Waals surface area contributed by atoms with E-state index in [4.69, 9.17) is 33.2 Å². The molecule has 31 heavy (non-hydrogen) atoms. The van der Waals surface area contributed by atoms with Crippen LogP contribution < -0.4 is 5.32 Å². The lowest BCUT2D eigenvalue weighted by atomic mass is 9.67. The van der Waals surface area contributed by atoms with Gasteiger partial charge in [0.15, 0.2) is 5.13 Å². The third kappa shape index (κ3) is 2.50. The maximum atomic E-state index is 13.8. The Bertz CT molecular complexity index is 1380. The van der Waals surface area contributed by atoms with Crippen LogP contribution in [-0.2, 0) is 10.2 Å². The summed E-state index contributed by atoms with van der Waals surface area (Å²) in [7, 11) is 0. The second-order valence-corrected chi connectivity index (χ2v) is 10.7. The normalized spacial score (nSPS) is 23.4. The molecule has 1 amide bonds. The molecule has 2 heterocycles. The van der Waals surface area contributed by atoms with Gasteiger partial charge in [0, 0.05) is 5.92 Å². The van der Waals surface area contributed by atoms with Crippen LogP contribution in [0, 0.1) is 5.41 Å². The highest BCUT2D eigenvalue weighted by molar-refractivity contribution is 7.22. The molecule has 2 aliphatic carbocycles. The zero-order chi connectivity index (χ0) is 21.5. The quantitative estimate of drug-likeness (QED) is 0.372. The lowest BCUT2D eigenvalue weighted by Crippen LogP contribution is -2.46. The summed E-state index contributed by atoms with van der Waals surface area (Å²) in [5.74, 6) is 0.0986. The first-order valence-electron chi connectivity index (χ1n) is 10.2. The molecule has 2 unspecified atom stereocenters. The van der Waals surface area contributed by atoms with E-state index in [1.165, 1.54) is 11.3 Å². The monoisotopic (exact) mass is 468 g/mol. The van der Waals surface area contributed by atoms with Gasteiger partial charge in [-0.2, -0.15) is 0 Å². The topological polar surface area (TPSA) is 67.8 Å². The van der Waals surface area contributed by atoms with Crippen LogP contribution in [0.5, 0.6) is 0 Å². The molecule has 6 rings (SSSR count). The number of carbonyl (C=O) groups excluding carboxylic acids is 1. The van der Waals surface area contributed by atoms with Crippen molar-refractivity contribution in [3.63, 3.8) is 0 Å². The molecule has 0 spiro atoms. The van der Waals surface area contributed by atoms with Gasteiger partial charge in [0.25, 0.3) is 0 Å². The average molecular weight is 469 g/mol. The van der Waals surface area contributed by atoms with Gasteiger partial charge in [0.2, 0.25) is 5.91 Å². The van der Waals surface area contributed by atoms with Crippen LogP contribution in [0.4, 0.5) is 5.13 Å². The molecule has 0 aliphatic heterocycles. The van der Waals surface area contributed by atoms with Crippen molar-refractivity contribution in [1.82, 2.24) is 15.0 Å². The van der Waals surface area contributed by atoms with Crippen molar-refractivity contribution in [2.45, 2.75) is 38.0 Å². The zero-order valence-corrected chi connectivity index (χ0v) is 19.2. The number of nitrogens with one attached hydrogen (secondary N) is 1. The van der Waals surface area contributed by atoms with Crippen molar-refractivity contribution in [2.24, 2.45) is 5.41 Å². The molecular weight excluding hydrogens is 451 g/mol. The molecule has 1 fully saturated rings. The molecular formula is C23H18Cl2N4OS. The van der Waals surface area contributed by atoms with E-state index in [2.05, 4.69) is 24.1 Å². The Morgan fingerprint density at radius 3 is 2.52 bits per heavy atom. The van der Waals surface area contributed by atoms with E-state index in [9.17, 15) is 4.79 Å². The van der Waals surface area contributed by atoms with Crippen molar-refractivity contribution < 1.29 is 4.79 Å². The second kappa shape index (κ2) is 6.37. The Morgan fingerprint density at radius 2 is 1.77 bits per heavy atom. The van der Waals surface area contributed by atoms with Gasteiger partial charge in [0.05, 0.1) is 48.1 Å². The van der Waals surface area contributed by atoms with Gasteiger partial charge in [-0.1, -0.05) is 60.5 Å². The summed E-state index contributed by atoms with van der Waals surface area (Å²) in [6.45, 7) is 4.30. The minimum atomic E-state index is -0.766. The maximum absolute atomic E-state index is 13.8. The Labute approximate surface area is 192 Å².